The Bertz CT molecular complexity index is 416. The van der Waals surface area contributed by atoms with Crippen LogP contribution in [0.15, 0.2) is 10.5 Å². The van der Waals surface area contributed by atoms with E-state index in [1.165, 1.54) is 0 Å². The standard InChI is InChI=1S/C11H13BrFNO/c1-6-4-7(11(5-14)2-3-11)9(13)10(15)8(6)12/h4,15H,2-3,5,14H2,1H3. The van der Waals surface area contributed by atoms with E-state index >= 15 is 0 Å². The van der Waals surface area contributed by atoms with Gasteiger partial charge >= 0.3 is 0 Å². The molecule has 1 aromatic rings. The minimum absolute atomic E-state index is 0.229. The third-order valence-corrected chi connectivity index (χ3v) is 4.18. The molecule has 1 fully saturated rings. The van der Waals surface area contributed by atoms with E-state index in [2.05, 4.69) is 15.9 Å². The van der Waals surface area contributed by atoms with Gasteiger partial charge in [0, 0.05) is 12.0 Å². The summed E-state index contributed by atoms with van der Waals surface area (Å²) >= 11 is 3.15. The first-order valence-corrected chi connectivity index (χ1v) is 5.69. The lowest BCUT2D eigenvalue weighted by atomic mass is 9.93. The van der Waals surface area contributed by atoms with Crippen LogP contribution in [0.2, 0.25) is 0 Å². The smallest absolute Gasteiger partial charge is 0.169 e. The summed E-state index contributed by atoms with van der Waals surface area (Å²) in [6.07, 6.45) is 1.81. The molecule has 82 valence electrons. The van der Waals surface area contributed by atoms with Crippen molar-refractivity contribution < 1.29 is 9.50 Å². The number of aryl methyl sites for hydroxylation is 1. The maximum Gasteiger partial charge on any atom is 0.169 e. The second-order valence-corrected chi connectivity index (χ2v) is 5.00. The predicted molar refractivity (Wildman–Crippen MR) is 60.5 cm³/mol. The molecule has 2 rings (SSSR count). The average Bonchev–Trinajstić information content (AvgIpc) is 3.01. The van der Waals surface area contributed by atoms with Gasteiger partial charge in [0.05, 0.1) is 4.47 Å². The first-order valence-electron chi connectivity index (χ1n) is 4.90. The first-order chi connectivity index (χ1) is 7.02. The maximum atomic E-state index is 13.8. The fourth-order valence-corrected chi connectivity index (χ4v) is 2.16. The van der Waals surface area contributed by atoms with Gasteiger partial charge in [-0.05, 0) is 46.8 Å². The zero-order chi connectivity index (χ0) is 11.2. The monoisotopic (exact) mass is 273 g/mol. The van der Waals surface area contributed by atoms with Crippen molar-refractivity contribution in [2.45, 2.75) is 25.2 Å². The van der Waals surface area contributed by atoms with Crippen LogP contribution in [0.5, 0.6) is 5.75 Å². The molecule has 0 amide bonds. The van der Waals surface area contributed by atoms with Crippen molar-refractivity contribution in [3.63, 3.8) is 0 Å². The summed E-state index contributed by atoms with van der Waals surface area (Å²) in [6.45, 7) is 2.27. The zero-order valence-corrected chi connectivity index (χ0v) is 10.1. The lowest BCUT2D eigenvalue weighted by molar-refractivity contribution is 0.420. The van der Waals surface area contributed by atoms with Gasteiger partial charge < -0.3 is 10.8 Å². The molecule has 0 radical (unpaired) electrons. The molecule has 0 spiro atoms. The Morgan fingerprint density at radius 2 is 2.20 bits per heavy atom. The van der Waals surface area contributed by atoms with E-state index < -0.39 is 5.82 Å². The van der Waals surface area contributed by atoms with E-state index in [0.29, 0.717) is 16.6 Å². The lowest BCUT2D eigenvalue weighted by Crippen LogP contribution is -2.21. The lowest BCUT2D eigenvalue weighted by Gasteiger charge is -2.16. The molecule has 2 nitrogen and oxygen atoms in total. The molecule has 15 heavy (non-hydrogen) atoms. The van der Waals surface area contributed by atoms with E-state index in [-0.39, 0.29) is 11.2 Å². The van der Waals surface area contributed by atoms with Crippen molar-refractivity contribution in [1.29, 1.82) is 0 Å². The number of hydrogen-bond acceptors (Lipinski definition) is 2. The van der Waals surface area contributed by atoms with Crippen LogP contribution in [0.3, 0.4) is 0 Å². The Hall–Kier alpha value is -0.610. The van der Waals surface area contributed by atoms with Crippen LogP contribution < -0.4 is 5.73 Å². The number of hydrogen-bond donors (Lipinski definition) is 2. The highest BCUT2D eigenvalue weighted by molar-refractivity contribution is 9.10. The minimum Gasteiger partial charge on any atom is -0.504 e. The van der Waals surface area contributed by atoms with Crippen LogP contribution in [0.1, 0.15) is 24.0 Å². The number of benzene rings is 1. The van der Waals surface area contributed by atoms with Gasteiger partial charge in [0.25, 0.3) is 0 Å². The van der Waals surface area contributed by atoms with Crippen molar-refractivity contribution >= 4 is 15.9 Å². The summed E-state index contributed by atoms with van der Waals surface area (Å²) in [5.41, 5.74) is 6.81. The summed E-state index contributed by atoms with van der Waals surface area (Å²) in [7, 11) is 0. The van der Waals surface area contributed by atoms with Crippen molar-refractivity contribution in [1.82, 2.24) is 0 Å². The van der Waals surface area contributed by atoms with E-state index in [1.54, 1.807) is 6.07 Å². The number of rotatable bonds is 2. The molecule has 1 saturated carbocycles. The van der Waals surface area contributed by atoms with Gasteiger partial charge in [-0.1, -0.05) is 6.07 Å². The second kappa shape index (κ2) is 3.46. The first kappa shape index (κ1) is 10.9. The molecular formula is C11H13BrFNO. The molecule has 0 saturated heterocycles. The molecule has 1 aliphatic rings. The van der Waals surface area contributed by atoms with Gasteiger partial charge in [-0.25, -0.2) is 4.39 Å². The number of halogens is 2. The Morgan fingerprint density at radius 3 is 2.67 bits per heavy atom. The number of phenols is 1. The van der Waals surface area contributed by atoms with Gasteiger partial charge in [0.2, 0.25) is 0 Å². The largest absolute Gasteiger partial charge is 0.504 e. The SMILES string of the molecule is Cc1cc(C2(CN)CC2)c(F)c(O)c1Br. The van der Waals surface area contributed by atoms with Crippen LogP contribution >= 0.6 is 15.9 Å². The molecule has 0 unspecified atom stereocenters. The Kier molecular flexibility index (Phi) is 2.51. The minimum atomic E-state index is -0.532. The molecule has 1 aromatic carbocycles. The molecular weight excluding hydrogens is 261 g/mol. The average molecular weight is 274 g/mol. The van der Waals surface area contributed by atoms with Gasteiger partial charge in [-0.15, -0.1) is 0 Å². The summed E-state index contributed by atoms with van der Waals surface area (Å²) in [4.78, 5) is 0. The van der Waals surface area contributed by atoms with Gasteiger partial charge in [0.15, 0.2) is 11.6 Å². The van der Waals surface area contributed by atoms with E-state index in [9.17, 15) is 9.50 Å². The highest BCUT2D eigenvalue weighted by Crippen LogP contribution is 2.50. The summed E-state index contributed by atoms with van der Waals surface area (Å²) < 4.78 is 14.3. The number of phenolic OH excluding ortho intramolecular Hbond substituents is 1. The molecule has 0 aromatic heterocycles. The van der Waals surface area contributed by atoms with E-state index in [4.69, 9.17) is 5.73 Å². The van der Waals surface area contributed by atoms with Crippen LogP contribution in [0, 0.1) is 12.7 Å². The summed E-state index contributed by atoms with van der Waals surface area (Å²) in [5, 5.41) is 9.59. The third-order valence-electron chi connectivity index (χ3n) is 3.17. The fraction of sp³-hybridized carbons (Fsp3) is 0.455. The molecule has 0 bridgehead atoms. The third kappa shape index (κ3) is 1.56. The van der Waals surface area contributed by atoms with Crippen molar-refractivity contribution in [2.24, 2.45) is 5.73 Å². The van der Waals surface area contributed by atoms with Crippen molar-refractivity contribution in [3.8, 4) is 5.75 Å². The van der Waals surface area contributed by atoms with E-state index in [0.717, 1.165) is 18.4 Å². The summed E-state index contributed by atoms with van der Waals surface area (Å²) in [5.74, 6) is -0.833. The van der Waals surface area contributed by atoms with Crippen LogP contribution in [0.25, 0.3) is 0 Å². The van der Waals surface area contributed by atoms with Gasteiger partial charge in [-0.3, -0.25) is 0 Å². The Morgan fingerprint density at radius 1 is 1.60 bits per heavy atom. The molecule has 0 heterocycles. The molecule has 1 aliphatic carbocycles. The van der Waals surface area contributed by atoms with Crippen LogP contribution in [-0.2, 0) is 5.41 Å². The topological polar surface area (TPSA) is 46.2 Å². The Balaban J connectivity index is 2.58. The van der Waals surface area contributed by atoms with Crippen LogP contribution in [-0.4, -0.2) is 11.7 Å². The van der Waals surface area contributed by atoms with Crippen molar-refractivity contribution in [3.05, 3.63) is 27.5 Å². The molecule has 3 N–H and O–H groups in total. The molecule has 0 atom stereocenters. The van der Waals surface area contributed by atoms with Crippen molar-refractivity contribution in [2.75, 3.05) is 6.54 Å². The maximum absolute atomic E-state index is 13.8. The van der Waals surface area contributed by atoms with E-state index in [1.807, 2.05) is 6.92 Å². The number of aromatic hydroxyl groups is 1. The Labute approximate surface area is 96.4 Å². The fourth-order valence-electron chi connectivity index (χ4n) is 1.87. The molecule has 4 heteroatoms. The summed E-state index contributed by atoms with van der Waals surface area (Å²) in [6, 6.07) is 1.78. The number of nitrogens with two attached hydrogens (primary N) is 1. The zero-order valence-electron chi connectivity index (χ0n) is 8.48. The van der Waals surface area contributed by atoms with Gasteiger partial charge in [-0.2, -0.15) is 0 Å². The predicted octanol–water partition coefficient (Wildman–Crippen LogP) is 2.59. The normalized spacial score (nSPS) is 17.9. The van der Waals surface area contributed by atoms with Crippen LogP contribution in [0.4, 0.5) is 4.39 Å². The molecule has 0 aliphatic heterocycles. The quantitative estimate of drug-likeness (QED) is 0.870. The second-order valence-electron chi connectivity index (χ2n) is 4.20. The van der Waals surface area contributed by atoms with Gasteiger partial charge in [0.1, 0.15) is 0 Å². The highest BCUT2D eigenvalue weighted by atomic mass is 79.9. The highest BCUT2D eigenvalue weighted by Gasteiger charge is 2.45.